The number of rotatable bonds is 9. The Morgan fingerprint density at radius 1 is 0.344 bits per heavy atom. The molecule has 12 rings (SSSR count). The fourth-order valence-corrected chi connectivity index (χ4v) is 9.96. The molecule has 0 amide bonds. The quantitative estimate of drug-likeness (QED) is 0.138. The molecular weight excluding hydrogens is 775 g/mol. The summed E-state index contributed by atoms with van der Waals surface area (Å²) in [5.41, 5.74) is 17.6. The van der Waals surface area contributed by atoms with Crippen LogP contribution < -0.4 is 0 Å². The van der Waals surface area contributed by atoms with Crippen LogP contribution in [0.4, 0.5) is 0 Å². The molecule has 3 heteroatoms. The largest absolute Gasteiger partial charge is 0.309 e. The number of hydrogen-bond donors (Lipinski definition) is 0. The second-order valence-corrected chi connectivity index (χ2v) is 16.6. The van der Waals surface area contributed by atoms with Crippen LogP contribution in [0.25, 0.3) is 106 Å². The van der Waals surface area contributed by atoms with Crippen LogP contribution in [0, 0.1) is 0 Å². The maximum Gasteiger partial charge on any atom is 0.0542 e. The first-order valence-corrected chi connectivity index (χ1v) is 22.0. The maximum atomic E-state index is 4.33. The lowest BCUT2D eigenvalue weighted by Crippen LogP contribution is -1.99. The lowest BCUT2D eigenvalue weighted by molar-refractivity contribution is 1.10. The number of benzene rings is 9. The molecule has 3 heterocycles. The molecule has 9 aromatic carbocycles. The fourth-order valence-electron chi connectivity index (χ4n) is 9.96. The molecule has 302 valence electrons. The van der Waals surface area contributed by atoms with Crippen LogP contribution >= 0.6 is 0 Å². The Morgan fingerprint density at radius 3 is 1.44 bits per heavy atom. The first kappa shape index (κ1) is 37.4. The monoisotopic (exact) mass is 817 g/mol. The number of para-hydroxylation sites is 4. The van der Waals surface area contributed by atoms with Crippen LogP contribution in [0.2, 0.25) is 0 Å². The van der Waals surface area contributed by atoms with E-state index in [4.69, 9.17) is 0 Å². The van der Waals surface area contributed by atoms with Crippen LogP contribution in [-0.4, -0.2) is 13.7 Å². The Kier molecular flexibility index (Phi) is 9.05. The van der Waals surface area contributed by atoms with Crippen molar-refractivity contribution < 1.29 is 0 Å². The summed E-state index contributed by atoms with van der Waals surface area (Å²) in [6.45, 7) is 4.33. The van der Waals surface area contributed by atoms with Crippen LogP contribution in [0.3, 0.4) is 0 Å². The average Bonchev–Trinajstić information content (AvgIpc) is 3.99. The zero-order valence-electron chi connectivity index (χ0n) is 35.3. The molecule has 64 heavy (non-hydrogen) atoms. The van der Waals surface area contributed by atoms with Crippen molar-refractivity contribution in [3.05, 3.63) is 248 Å². The molecule has 0 unspecified atom stereocenters. The lowest BCUT2D eigenvalue weighted by atomic mass is 9.98. The van der Waals surface area contributed by atoms with Crippen molar-refractivity contribution in [3.63, 3.8) is 0 Å². The number of nitrogens with zero attached hydrogens (tertiary/aromatic N) is 3. The second-order valence-electron chi connectivity index (χ2n) is 16.6. The molecule has 0 atom stereocenters. The van der Waals surface area contributed by atoms with Crippen LogP contribution in [0.15, 0.2) is 231 Å². The molecule has 0 N–H and O–H groups in total. The van der Waals surface area contributed by atoms with E-state index in [9.17, 15) is 0 Å². The minimum atomic E-state index is 0.776. The third kappa shape index (κ3) is 6.20. The van der Waals surface area contributed by atoms with Crippen molar-refractivity contribution in [2.45, 2.75) is 6.42 Å². The summed E-state index contributed by atoms with van der Waals surface area (Å²) in [6, 6.07) is 79.1. The zero-order valence-corrected chi connectivity index (χ0v) is 35.3. The van der Waals surface area contributed by atoms with Gasteiger partial charge in [0.1, 0.15) is 0 Å². The highest BCUT2D eigenvalue weighted by molar-refractivity contribution is 6.12. The molecule has 0 bridgehead atoms. The van der Waals surface area contributed by atoms with Gasteiger partial charge >= 0.3 is 0 Å². The van der Waals surface area contributed by atoms with Crippen LogP contribution in [0.1, 0.15) is 16.8 Å². The van der Waals surface area contributed by atoms with Gasteiger partial charge in [0.2, 0.25) is 0 Å². The molecule has 0 spiro atoms. The van der Waals surface area contributed by atoms with Gasteiger partial charge in [-0.3, -0.25) is 0 Å². The highest BCUT2D eigenvalue weighted by atomic mass is 15.0. The van der Waals surface area contributed by atoms with E-state index in [1.165, 1.54) is 76.8 Å². The van der Waals surface area contributed by atoms with E-state index in [1.54, 1.807) is 0 Å². The number of allylic oxidation sites excluding steroid dienone is 1. The highest BCUT2D eigenvalue weighted by Gasteiger charge is 2.19. The van der Waals surface area contributed by atoms with E-state index in [0.717, 1.165) is 40.3 Å². The molecule has 0 fully saturated rings. The van der Waals surface area contributed by atoms with Crippen molar-refractivity contribution in [1.29, 1.82) is 0 Å². The van der Waals surface area contributed by atoms with Gasteiger partial charge in [-0.1, -0.05) is 158 Å². The predicted molar refractivity (Wildman–Crippen MR) is 272 cm³/mol. The van der Waals surface area contributed by atoms with Gasteiger partial charge in [0.25, 0.3) is 0 Å². The normalized spacial score (nSPS) is 11.8. The van der Waals surface area contributed by atoms with Gasteiger partial charge in [0, 0.05) is 49.6 Å². The van der Waals surface area contributed by atoms with Gasteiger partial charge in [-0.15, -0.1) is 0 Å². The molecule has 0 radical (unpaired) electrons. The Labute approximate surface area is 372 Å². The van der Waals surface area contributed by atoms with Crippen molar-refractivity contribution in [2.24, 2.45) is 0 Å². The van der Waals surface area contributed by atoms with Gasteiger partial charge in [0.15, 0.2) is 0 Å². The molecule has 0 aliphatic heterocycles. The van der Waals surface area contributed by atoms with Crippen molar-refractivity contribution in [2.75, 3.05) is 0 Å². The van der Waals surface area contributed by atoms with Gasteiger partial charge in [-0.05, 0) is 119 Å². The first-order chi connectivity index (χ1) is 31.7. The van der Waals surface area contributed by atoms with Gasteiger partial charge in [-0.2, -0.15) is 0 Å². The Hall–Kier alpha value is -8.40. The van der Waals surface area contributed by atoms with Crippen molar-refractivity contribution >= 4 is 66.7 Å². The molecule has 0 aliphatic rings. The van der Waals surface area contributed by atoms with E-state index in [1.807, 2.05) is 6.08 Å². The van der Waals surface area contributed by atoms with Gasteiger partial charge in [-0.25, -0.2) is 0 Å². The second kappa shape index (κ2) is 15.5. The highest BCUT2D eigenvalue weighted by Crippen LogP contribution is 2.39. The summed E-state index contributed by atoms with van der Waals surface area (Å²) in [5.74, 6) is 0. The maximum absolute atomic E-state index is 4.33. The summed E-state index contributed by atoms with van der Waals surface area (Å²) in [4.78, 5) is 0. The molecular formula is C61H43N3. The van der Waals surface area contributed by atoms with Gasteiger partial charge < -0.3 is 13.7 Å². The van der Waals surface area contributed by atoms with E-state index in [2.05, 4.69) is 251 Å². The third-order valence-corrected chi connectivity index (χ3v) is 12.8. The minimum absolute atomic E-state index is 0.776. The summed E-state index contributed by atoms with van der Waals surface area (Å²) in [6.07, 6.45) is 7.39. The average molecular weight is 818 g/mol. The Morgan fingerprint density at radius 2 is 0.828 bits per heavy atom. The zero-order chi connectivity index (χ0) is 42.6. The van der Waals surface area contributed by atoms with E-state index in [-0.39, 0.29) is 0 Å². The topological polar surface area (TPSA) is 14.8 Å². The third-order valence-electron chi connectivity index (χ3n) is 12.8. The summed E-state index contributed by atoms with van der Waals surface area (Å²) < 4.78 is 7.22. The summed E-state index contributed by atoms with van der Waals surface area (Å²) in [5, 5.41) is 6.17. The molecule has 3 nitrogen and oxygen atoms in total. The smallest absolute Gasteiger partial charge is 0.0542 e. The van der Waals surface area contributed by atoms with E-state index in [0.29, 0.717) is 0 Å². The molecule has 0 saturated heterocycles. The molecule has 0 saturated carbocycles. The summed E-state index contributed by atoms with van der Waals surface area (Å²) in [7, 11) is 0. The minimum Gasteiger partial charge on any atom is -0.309 e. The summed E-state index contributed by atoms with van der Waals surface area (Å²) >= 11 is 0. The number of fused-ring (bicyclic) bond motifs is 7. The van der Waals surface area contributed by atoms with E-state index < -0.39 is 0 Å². The van der Waals surface area contributed by atoms with Crippen molar-refractivity contribution in [3.8, 4) is 39.3 Å². The molecule has 12 aromatic rings. The fraction of sp³-hybridized carbons (Fsp3) is 0.0164. The lowest BCUT2D eigenvalue weighted by Gasteiger charge is -2.15. The number of aromatic nitrogens is 3. The predicted octanol–water partition coefficient (Wildman–Crippen LogP) is 16.1. The standard InChI is InChI=1S/C61H43N3/c1-2-50-51-26-12-15-29-57(51)64(49-39-45(43-20-6-3-7-21-43)38-46(40-49)44-22-8-4-9-23-44)56(50)32-18-19-42-33-35-60-54(37-42)52-27-13-17-31-59(52)63(60)48-34-36-61-55(41-48)53-28-14-16-30-58(53)62(61)47-24-10-5-11-25-47/h2-18,20-41H,1,19H2/b32-18-. The SMILES string of the molecule is C=Cc1c(/C=C\Cc2ccc3c(c2)c2ccccc2n3-c2ccc3c(c2)c2ccccc2n3-c2ccccc2)n(-c2cc(-c3ccccc3)cc(-c3ccccc3)c2)c2ccccc12. The van der Waals surface area contributed by atoms with Crippen LogP contribution in [0.5, 0.6) is 0 Å². The number of hydrogen-bond acceptors (Lipinski definition) is 0. The van der Waals surface area contributed by atoms with Gasteiger partial charge in [0.05, 0.1) is 33.3 Å². The van der Waals surface area contributed by atoms with Crippen LogP contribution in [-0.2, 0) is 6.42 Å². The van der Waals surface area contributed by atoms with Crippen molar-refractivity contribution in [1.82, 2.24) is 13.7 Å². The Balaban J connectivity index is 0.956. The van der Waals surface area contributed by atoms with E-state index >= 15 is 0 Å². The first-order valence-electron chi connectivity index (χ1n) is 22.0. The molecule has 3 aromatic heterocycles. The molecule has 0 aliphatic carbocycles. The Bertz CT molecular complexity index is 3690.